The molecule has 1 rings (SSSR count). The van der Waals surface area contributed by atoms with Crippen LogP contribution in [-0.2, 0) is 10.2 Å². The van der Waals surface area contributed by atoms with Crippen LogP contribution in [0.4, 0.5) is 0 Å². The van der Waals surface area contributed by atoms with Gasteiger partial charge < -0.3 is 14.8 Å². The van der Waals surface area contributed by atoms with Crippen LogP contribution in [0, 0.1) is 6.92 Å². The molecule has 0 unspecified atom stereocenters. The maximum Gasteiger partial charge on any atom is 0.122 e. The molecule has 0 aliphatic rings. The van der Waals surface area contributed by atoms with Gasteiger partial charge in [0.15, 0.2) is 0 Å². The highest BCUT2D eigenvalue weighted by Gasteiger charge is 2.14. The Morgan fingerprint density at radius 1 is 1.10 bits per heavy atom. The molecule has 1 N–H and O–H groups in total. The largest absolute Gasteiger partial charge is 0.493 e. The first-order valence-electron chi connectivity index (χ1n) is 7.38. The number of benzene rings is 1. The van der Waals surface area contributed by atoms with Crippen LogP contribution < -0.4 is 10.1 Å². The second-order valence-corrected chi connectivity index (χ2v) is 6.18. The number of aryl methyl sites for hydroxylation is 1. The van der Waals surface area contributed by atoms with Crippen LogP contribution in [0.15, 0.2) is 18.2 Å². The summed E-state index contributed by atoms with van der Waals surface area (Å²) in [5.41, 5.74) is 2.75. The normalized spacial score (nSPS) is 11.7. The van der Waals surface area contributed by atoms with E-state index in [4.69, 9.17) is 9.47 Å². The van der Waals surface area contributed by atoms with Gasteiger partial charge in [0.2, 0.25) is 0 Å². The number of hydrogen-bond donors (Lipinski definition) is 1. The van der Waals surface area contributed by atoms with Gasteiger partial charge in [-0.05, 0) is 42.5 Å². The van der Waals surface area contributed by atoms with Crippen molar-refractivity contribution in [2.45, 2.75) is 39.5 Å². The Morgan fingerprint density at radius 2 is 1.85 bits per heavy atom. The fourth-order valence-corrected chi connectivity index (χ4v) is 1.96. The molecule has 0 amide bonds. The maximum atomic E-state index is 5.84. The fraction of sp³-hybridized carbons (Fsp3) is 0.647. The molecule has 114 valence electrons. The van der Waals surface area contributed by atoms with Crippen molar-refractivity contribution in [2.75, 3.05) is 33.4 Å². The summed E-state index contributed by atoms with van der Waals surface area (Å²) in [6, 6.07) is 6.49. The molecular weight excluding hydrogens is 250 g/mol. The van der Waals surface area contributed by atoms with Crippen molar-refractivity contribution in [1.29, 1.82) is 0 Å². The Labute approximate surface area is 123 Å². The lowest BCUT2D eigenvalue weighted by atomic mass is 9.86. The van der Waals surface area contributed by atoms with Gasteiger partial charge in [-0.25, -0.2) is 0 Å². The molecule has 1 aromatic carbocycles. The van der Waals surface area contributed by atoms with Crippen molar-refractivity contribution in [2.24, 2.45) is 0 Å². The Balaban J connectivity index is 2.34. The van der Waals surface area contributed by atoms with Crippen molar-refractivity contribution >= 4 is 0 Å². The van der Waals surface area contributed by atoms with E-state index in [1.165, 1.54) is 11.1 Å². The Kier molecular flexibility index (Phi) is 7.03. The van der Waals surface area contributed by atoms with Crippen molar-refractivity contribution in [3.8, 4) is 5.75 Å². The lowest BCUT2D eigenvalue weighted by Gasteiger charge is -2.20. The van der Waals surface area contributed by atoms with Gasteiger partial charge in [-0.2, -0.15) is 0 Å². The van der Waals surface area contributed by atoms with E-state index >= 15 is 0 Å². The molecule has 0 radical (unpaired) electrons. The summed E-state index contributed by atoms with van der Waals surface area (Å²) in [7, 11) is 1.72. The molecule has 0 atom stereocenters. The lowest BCUT2D eigenvalue weighted by Crippen LogP contribution is -2.21. The predicted octanol–water partition coefficient (Wildman–Crippen LogP) is 3.30. The number of hydrogen-bond acceptors (Lipinski definition) is 3. The van der Waals surface area contributed by atoms with E-state index in [1.54, 1.807) is 7.11 Å². The molecule has 0 aromatic heterocycles. The molecule has 0 fully saturated rings. The molecule has 3 nitrogen and oxygen atoms in total. The van der Waals surface area contributed by atoms with E-state index in [9.17, 15) is 0 Å². The van der Waals surface area contributed by atoms with Crippen molar-refractivity contribution in [3.05, 3.63) is 29.3 Å². The summed E-state index contributed by atoms with van der Waals surface area (Å²) in [6.45, 7) is 12.2. The van der Waals surface area contributed by atoms with Crippen LogP contribution in [-0.4, -0.2) is 33.4 Å². The summed E-state index contributed by atoms with van der Waals surface area (Å²) in [4.78, 5) is 0. The standard InChI is InChI=1S/C17H29NO2/c1-14-13-15(17(2,3)4)7-8-16(14)20-11-6-9-18-10-12-19-5/h7-8,13,18H,6,9-12H2,1-5H3. The number of rotatable bonds is 8. The molecule has 20 heavy (non-hydrogen) atoms. The van der Waals surface area contributed by atoms with Crippen LogP contribution in [0.1, 0.15) is 38.3 Å². The summed E-state index contributed by atoms with van der Waals surface area (Å²) < 4.78 is 10.8. The lowest BCUT2D eigenvalue weighted by molar-refractivity contribution is 0.198. The zero-order valence-corrected chi connectivity index (χ0v) is 13.6. The third-order valence-electron chi connectivity index (χ3n) is 3.28. The average Bonchev–Trinajstić information content (AvgIpc) is 2.38. The summed E-state index contributed by atoms with van der Waals surface area (Å²) in [6.07, 6.45) is 1.00. The third-order valence-corrected chi connectivity index (χ3v) is 3.28. The summed E-state index contributed by atoms with van der Waals surface area (Å²) in [5.74, 6) is 0.995. The SMILES string of the molecule is COCCNCCCOc1ccc(C(C)(C)C)cc1C. The minimum atomic E-state index is 0.189. The van der Waals surface area contributed by atoms with E-state index in [2.05, 4.69) is 51.2 Å². The molecular formula is C17H29NO2. The van der Waals surface area contributed by atoms with Crippen molar-refractivity contribution < 1.29 is 9.47 Å². The molecule has 0 heterocycles. The minimum Gasteiger partial charge on any atom is -0.493 e. The van der Waals surface area contributed by atoms with Crippen LogP contribution in [0.2, 0.25) is 0 Å². The van der Waals surface area contributed by atoms with Gasteiger partial charge in [0.1, 0.15) is 5.75 Å². The van der Waals surface area contributed by atoms with Gasteiger partial charge in [0.25, 0.3) is 0 Å². The smallest absolute Gasteiger partial charge is 0.122 e. The molecule has 3 heteroatoms. The van der Waals surface area contributed by atoms with Gasteiger partial charge in [0.05, 0.1) is 13.2 Å². The van der Waals surface area contributed by atoms with Gasteiger partial charge >= 0.3 is 0 Å². The van der Waals surface area contributed by atoms with Gasteiger partial charge in [-0.3, -0.25) is 0 Å². The third kappa shape index (κ3) is 5.93. The van der Waals surface area contributed by atoms with Crippen LogP contribution in [0.25, 0.3) is 0 Å². The first-order chi connectivity index (χ1) is 9.45. The maximum absolute atomic E-state index is 5.84. The minimum absolute atomic E-state index is 0.189. The molecule has 0 aliphatic carbocycles. The zero-order chi connectivity index (χ0) is 15.0. The molecule has 0 saturated carbocycles. The van der Waals surface area contributed by atoms with Crippen molar-refractivity contribution in [3.63, 3.8) is 0 Å². The second-order valence-electron chi connectivity index (χ2n) is 6.18. The quantitative estimate of drug-likeness (QED) is 0.741. The highest BCUT2D eigenvalue weighted by atomic mass is 16.5. The monoisotopic (exact) mass is 279 g/mol. The Morgan fingerprint density at radius 3 is 2.45 bits per heavy atom. The Hall–Kier alpha value is -1.06. The highest BCUT2D eigenvalue weighted by molar-refractivity contribution is 5.38. The van der Waals surface area contributed by atoms with Gasteiger partial charge in [-0.15, -0.1) is 0 Å². The molecule has 0 spiro atoms. The van der Waals surface area contributed by atoms with Gasteiger partial charge in [0, 0.05) is 13.7 Å². The molecule has 0 bridgehead atoms. The first kappa shape index (κ1) is 17.0. The molecule has 1 aromatic rings. The second kappa shape index (κ2) is 8.28. The van der Waals surface area contributed by atoms with Gasteiger partial charge in [-0.1, -0.05) is 32.9 Å². The van der Waals surface area contributed by atoms with E-state index in [-0.39, 0.29) is 5.41 Å². The van der Waals surface area contributed by atoms with Crippen LogP contribution in [0.3, 0.4) is 0 Å². The highest BCUT2D eigenvalue weighted by Crippen LogP contribution is 2.27. The molecule has 0 aliphatic heterocycles. The first-order valence-corrected chi connectivity index (χ1v) is 7.38. The zero-order valence-electron chi connectivity index (χ0n) is 13.6. The number of nitrogens with one attached hydrogen (secondary N) is 1. The van der Waals surface area contributed by atoms with Crippen LogP contribution in [0.5, 0.6) is 5.75 Å². The van der Waals surface area contributed by atoms with E-state index in [1.807, 2.05) is 0 Å². The fourth-order valence-electron chi connectivity index (χ4n) is 1.96. The average molecular weight is 279 g/mol. The van der Waals surface area contributed by atoms with E-state index < -0.39 is 0 Å². The summed E-state index contributed by atoms with van der Waals surface area (Å²) >= 11 is 0. The Bertz CT molecular complexity index is 396. The van der Waals surface area contributed by atoms with Crippen molar-refractivity contribution in [1.82, 2.24) is 5.32 Å². The van der Waals surface area contributed by atoms with Crippen LogP contribution >= 0.6 is 0 Å². The van der Waals surface area contributed by atoms with E-state index in [0.29, 0.717) is 0 Å². The molecule has 0 saturated heterocycles. The number of ether oxygens (including phenoxy) is 2. The number of methoxy groups -OCH3 is 1. The van der Waals surface area contributed by atoms with E-state index in [0.717, 1.165) is 38.5 Å². The topological polar surface area (TPSA) is 30.5 Å². The summed E-state index contributed by atoms with van der Waals surface area (Å²) in [5, 5.41) is 3.31. The predicted molar refractivity (Wildman–Crippen MR) is 84.7 cm³/mol.